The molecule has 1 saturated heterocycles. The number of benzene rings is 1. The van der Waals surface area contributed by atoms with E-state index in [1.165, 1.54) is 0 Å². The fourth-order valence-corrected chi connectivity index (χ4v) is 3.31. The maximum atomic E-state index is 12.6. The second-order valence-electron chi connectivity index (χ2n) is 6.75. The van der Waals surface area contributed by atoms with Crippen molar-refractivity contribution in [2.24, 2.45) is 5.92 Å². The summed E-state index contributed by atoms with van der Waals surface area (Å²) in [4.78, 5) is 12.6. The number of aryl methyl sites for hydroxylation is 1. The normalized spacial score (nSPS) is 16.6. The minimum absolute atomic E-state index is 0.0497. The molecule has 1 aromatic carbocycles. The third-order valence-corrected chi connectivity index (χ3v) is 4.87. The van der Waals surface area contributed by atoms with Crippen LogP contribution in [0.1, 0.15) is 37.1 Å². The van der Waals surface area contributed by atoms with E-state index in [9.17, 15) is 4.79 Å². The summed E-state index contributed by atoms with van der Waals surface area (Å²) >= 11 is 0. The number of ether oxygens (including phenoxy) is 2. The van der Waals surface area contributed by atoms with E-state index in [0.717, 1.165) is 42.8 Å². The van der Waals surface area contributed by atoms with Crippen LogP contribution in [0.4, 0.5) is 0 Å². The molecule has 1 aliphatic heterocycles. The molecule has 0 spiro atoms. The molecule has 1 atom stereocenters. The maximum Gasteiger partial charge on any atom is 0.254 e. The third kappa shape index (κ3) is 4.34. The molecular formula is C20H24BNO3. The van der Waals surface area contributed by atoms with Crippen molar-refractivity contribution in [2.45, 2.75) is 32.7 Å². The Hall–Kier alpha value is -2.01. The first-order valence-electron chi connectivity index (χ1n) is 8.84. The number of pyridine rings is 1. The summed E-state index contributed by atoms with van der Waals surface area (Å²) in [6.07, 6.45) is 2.04. The highest BCUT2D eigenvalue weighted by atomic mass is 16.5. The highest BCUT2D eigenvalue weighted by Gasteiger charge is 2.16. The zero-order valence-electron chi connectivity index (χ0n) is 14.9. The van der Waals surface area contributed by atoms with Gasteiger partial charge in [0.25, 0.3) is 5.56 Å². The van der Waals surface area contributed by atoms with Crippen molar-refractivity contribution in [1.82, 2.24) is 4.57 Å². The lowest BCUT2D eigenvalue weighted by molar-refractivity contribution is 0.0497. The maximum absolute atomic E-state index is 12.6. The first-order chi connectivity index (χ1) is 12.0. The molecular weight excluding hydrogens is 313 g/mol. The van der Waals surface area contributed by atoms with Gasteiger partial charge in [0.05, 0.1) is 12.6 Å². The topological polar surface area (TPSA) is 40.5 Å². The summed E-state index contributed by atoms with van der Waals surface area (Å²) in [5, 5.41) is 0. The fourth-order valence-electron chi connectivity index (χ4n) is 3.31. The molecule has 1 aliphatic rings. The van der Waals surface area contributed by atoms with Crippen LogP contribution in [-0.4, -0.2) is 32.2 Å². The van der Waals surface area contributed by atoms with E-state index in [1.54, 1.807) is 10.6 Å². The summed E-state index contributed by atoms with van der Waals surface area (Å²) in [7, 11) is 5.75. The third-order valence-electron chi connectivity index (χ3n) is 4.87. The van der Waals surface area contributed by atoms with Gasteiger partial charge in [0.15, 0.2) is 0 Å². The lowest BCUT2D eigenvalue weighted by atomic mass is 9.94. The van der Waals surface area contributed by atoms with Gasteiger partial charge in [-0.1, -0.05) is 29.7 Å². The predicted octanol–water partition coefficient (Wildman–Crippen LogP) is 2.37. The Bertz CT molecular complexity index is 764. The van der Waals surface area contributed by atoms with E-state index in [0.29, 0.717) is 18.3 Å². The molecule has 0 unspecified atom stereocenters. The molecule has 3 rings (SSSR count). The standard InChI is InChI=1S/C20H24BNO3/c1-14-11-19(25-13-16-7-9-24-10-8-16)12-20(23)22(14)15(2)17-3-5-18(21)6-4-17/h3-6,11-12,15-16H,7-10,13H2,1-2H3/t15-/m1/s1. The average molecular weight is 337 g/mol. The van der Waals surface area contributed by atoms with Gasteiger partial charge in [-0.3, -0.25) is 4.79 Å². The summed E-state index contributed by atoms with van der Waals surface area (Å²) < 4.78 is 13.0. The van der Waals surface area contributed by atoms with Crippen molar-refractivity contribution in [3.8, 4) is 5.75 Å². The molecule has 1 fully saturated rings. The number of hydrogen-bond acceptors (Lipinski definition) is 3. The van der Waals surface area contributed by atoms with Crippen LogP contribution >= 0.6 is 0 Å². The van der Waals surface area contributed by atoms with Gasteiger partial charge in [-0.05, 0) is 44.2 Å². The van der Waals surface area contributed by atoms with Gasteiger partial charge in [-0.2, -0.15) is 0 Å². The minimum atomic E-state index is -0.0577. The quantitative estimate of drug-likeness (QED) is 0.787. The van der Waals surface area contributed by atoms with Crippen molar-refractivity contribution in [1.29, 1.82) is 0 Å². The number of rotatable bonds is 5. The number of hydrogen-bond donors (Lipinski definition) is 0. The van der Waals surface area contributed by atoms with E-state index in [4.69, 9.17) is 17.3 Å². The number of nitrogens with zero attached hydrogens (tertiary/aromatic N) is 1. The van der Waals surface area contributed by atoms with Gasteiger partial charge in [-0.25, -0.2) is 0 Å². The second-order valence-corrected chi connectivity index (χ2v) is 6.75. The summed E-state index contributed by atoms with van der Waals surface area (Å²) in [5.74, 6) is 1.15. The molecule has 130 valence electrons. The molecule has 2 radical (unpaired) electrons. The van der Waals surface area contributed by atoms with E-state index in [1.807, 2.05) is 44.2 Å². The number of aromatic nitrogens is 1. The molecule has 0 saturated carbocycles. The molecule has 25 heavy (non-hydrogen) atoms. The minimum Gasteiger partial charge on any atom is -0.493 e. The van der Waals surface area contributed by atoms with Gasteiger partial charge < -0.3 is 14.0 Å². The van der Waals surface area contributed by atoms with Gasteiger partial charge >= 0.3 is 0 Å². The Morgan fingerprint density at radius 1 is 1.24 bits per heavy atom. The molecule has 0 bridgehead atoms. The molecule has 2 heterocycles. The SMILES string of the molecule is [B]c1ccc([C@@H](C)n2c(C)cc(OCC3CCOCC3)cc2=O)cc1. The van der Waals surface area contributed by atoms with Crippen LogP contribution in [0.2, 0.25) is 0 Å². The largest absolute Gasteiger partial charge is 0.493 e. The first-order valence-corrected chi connectivity index (χ1v) is 8.84. The van der Waals surface area contributed by atoms with E-state index in [2.05, 4.69) is 0 Å². The Labute approximate surface area is 150 Å². The highest BCUT2D eigenvalue weighted by Crippen LogP contribution is 2.21. The molecule has 0 N–H and O–H groups in total. The highest BCUT2D eigenvalue weighted by molar-refractivity contribution is 6.32. The van der Waals surface area contributed by atoms with E-state index >= 15 is 0 Å². The van der Waals surface area contributed by atoms with Crippen molar-refractivity contribution in [3.63, 3.8) is 0 Å². The Morgan fingerprint density at radius 2 is 1.92 bits per heavy atom. The summed E-state index contributed by atoms with van der Waals surface area (Å²) in [5.41, 5.74) is 2.61. The second kappa shape index (κ2) is 7.92. The smallest absolute Gasteiger partial charge is 0.254 e. The predicted molar refractivity (Wildman–Crippen MR) is 100 cm³/mol. The Morgan fingerprint density at radius 3 is 2.56 bits per heavy atom. The van der Waals surface area contributed by atoms with Gasteiger partial charge in [0.2, 0.25) is 0 Å². The summed E-state index contributed by atoms with van der Waals surface area (Å²) in [6, 6.07) is 11.1. The lowest BCUT2D eigenvalue weighted by Crippen LogP contribution is -2.26. The van der Waals surface area contributed by atoms with E-state index in [-0.39, 0.29) is 11.6 Å². The van der Waals surface area contributed by atoms with Gasteiger partial charge in [0, 0.05) is 25.0 Å². The molecule has 0 aliphatic carbocycles. The van der Waals surface area contributed by atoms with Crippen molar-refractivity contribution in [2.75, 3.05) is 19.8 Å². The molecule has 4 nitrogen and oxygen atoms in total. The zero-order chi connectivity index (χ0) is 17.8. The average Bonchev–Trinajstić information content (AvgIpc) is 2.61. The fraction of sp³-hybridized carbons (Fsp3) is 0.450. The van der Waals surface area contributed by atoms with Crippen LogP contribution in [0.3, 0.4) is 0 Å². The Balaban J connectivity index is 1.75. The molecule has 1 aromatic heterocycles. The zero-order valence-corrected chi connectivity index (χ0v) is 14.9. The van der Waals surface area contributed by atoms with Crippen LogP contribution < -0.4 is 15.8 Å². The van der Waals surface area contributed by atoms with Crippen molar-refractivity contribution in [3.05, 3.63) is 58.0 Å². The molecule has 2 aromatic rings. The Kier molecular flexibility index (Phi) is 5.64. The van der Waals surface area contributed by atoms with Crippen LogP contribution in [-0.2, 0) is 4.74 Å². The van der Waals surface area contributed by atoms with E-state index < -0.39 is 0 Å². The van der Waals surface area contributed by atoms with Crippen molar-refractivity contribution < 1.29 is 9.47 Å². The van der Waals surface area contributed by atoms with Crippen LogP contribution in [0.5, 0.6) is 5.75 Å². The van der Waals surface area contributed by atoms with Crippen LogP contribution in [0.25, 0.3) is 0 Å². The molecule has 5 heteroatoms. The van der Waals surface area contributed by atoms with Gasteiger partial charge in [0.1, 0.15) is 13.6 Å². The lowest BCUT2D eigenvalue weighted by Gasteiger charge is -2.23. The monoisotopic (exact) mass is 337 g/mol. The van der Waals surface area contributed by atoms with Gasteiger partial charge in [-0.15, -0.1) is 0 Å². The first kappa shape index (κ1) is 17.8. The van der Waals surface area contributed by atoms with Crippen LogP contribution in [0, 0.1) is 12.8 Å². The van der Waals surface area contributed by atoms with Crippen LogP contribution in [0.15, 0.2) is 41.2 Å². The van der Waals surface area contributed by atoms with Crippen molar-refractivity contribution >= 4 is 13.3 Å². The summed E-state index contributed by atoms with van der Waals surface area (Å²) in [6.45, 7) is 6.19. The molecule has 0 amide bonds.